The van der Waals surface area contributed by atoms with Crippen molar-refractivity contribution < 1.29 is 18.8 Å². The first kappa shape index (κ1) is 18.0. The Morgan fingerprint density at radius 2 is 2.12 bits per heavy atom. The number of hydrogen-bond acceptors (Lipinski definition) is 4. The summed E-state index contributed by atoms with van der Waals surface area (Å²) in [5, 5.41) is 14.6. The number of amidine groups is 1. The molecule has 0 fully saturated rings. The Hall–Kier alpha value is -2.39. The Bertz CT molecular complexity index is 761. The molecule has 7 nitrogen and oxygen atoms in total. The summed E-state index contributed by atoms with van der Waals surface area (Å²) in [5.41, 5.74) is 2.98. The van der Waals surface area contributed by atoms with Crippen molar-refractivity contribution >= 4 is 39.2 Å². The maximum Gasteiger partial charge on any atom is 0.319 e. The van der Waals surface area contributed by atoms with Gasteiger partial charge in [0.25, 0.3) is 0 Å². The van der Waals surface area contributed by atoms with Gasteiger partial charge in [0.15, 0.2) is 5.84 Å². The molecule has 1 aromatic heterocycles. The fourth-order valence-electron chi connectivity index (χ4n) is 1.83. The predicted molar refractivity (Wildman–Crippen MR) is 91.2 cm³/mol. The predicted octanol–water partition coefficient (Wildman–Crippen LogP) is 3.77. The van der Waals surface area contributed by atoms with Crippen molar-refractivity contribution in [2.75, 3.05) is 5.32 Å². The number of rotatable bonds is 4. The molecule has 0 aliphatic carbocycles. The van der Waals surface area contributed by atoms with Crippen LogP contribution in [0.3, 0.4) is 0 Å². The number of benzene rings is 1. The van der Waals surface area contributed by atoms with E-state index in [-0.39, 0.29) is 16.4 Å². The number of hydroxylamine groups is 1. The molecule has 0 saturated carbocycles. The van der Waals surface area contributed by atoms with Crippen molar-refractivity contribution in [3.63, 3.8) is 0 Å². The number of nitrogens with zero attached hydrogens (tertiary/aromatic N) is 1. The van der Waals surface area contributed by atoms with Gasteiger partial charge in [0.1, 0.15) is 18.3 Å². The van der Waals surface area contributed by atoms with Gasteiger partial charge in [-0.3, -0.25) is 10.7 Å². The molecule has 2 aromatic rings. The van der Waals surface area contributed by atoms with Gasteiger partial charge in [-0.1, -0.05) is 0 Å². The molecule has 0 unspecified atom stereocenters. The average molecular weight is 399 g/mol. The summed E-state index contributed by atoms with van der Waals surface area (Å²) in [6, 6.07) is 3.67. The molecule has 0 aliphatic rings. The van der Waals surface area contributed by atoms with E-state index in [9.17, 15) is 14.4 Å². The van der Waals surface area contributed by atoms with Gasteiger partial charge in [-0.25, -0.2) is 14.2 Å². The van der Waals surface area contributed by atoms with Gasteiger partial charge in [-0.2, -0.15) is 0 Å². The molecule has 9 heteroatoms. The number of anilines is 1. The average Bonchev–Trinajstić information content (AvgIpc) is 2.95. The van der Waals surface area contributed by atoms with Crippen LogP contribution in [0, 0.1) is 5.82 Å². The highest BCUT2D eigenvalue weighted by molar-refractivity contribution is 9.10. The Kier molecular flexibility index (Phi) is 5.93. The first-order valence-corrected chi connectivity index (χ1v) is 7.78. The van der Waals surface area contributed by atoms with Crippen molar-refractivity contribution in [1.29, 1.82) is 0 Å². The molecule has 1 aromatic carbocycles. The fraction of sp³-hybridized carbons (Fsp3) is 0.200. The van der Waals surface area contributed by atoms with Crippen LogP contribution in [-0.4, -0.2) is 23.1 Å². The minimum absolute atomic E-state index is 0.0297. The second kappa shape index (κ2) is 7.93. The highest BCUT2D eigenvalue weighted by Gasteiger charge is 2.15. The Morgan fingerprint density at radius 1 is 1.38 bits per heavy atom. The summed E-state index contributed by atoms with van der Waals surface area (Å²) in [6.07, 6.45) is 2.62. The smallest absolute Gasteiger partial charge is 0.319 e. The van der Waals surface area contributed by atoms with Crippen LogP contribution >= 0.6 is 15.9 Å². The number of carbonyl (C=O) groups is 1. The van der Waals surface area contributed by atoms with Crippen LogP contribution in [-0.2, 0) is 0 Å². The van der Waals surface area contributed by atoms with E-state index >= 15 is 0 Å². The lowest BCUT2D eigenvalue weighted by Gasteiger charge is -2.10. The molecule has 0 bridgehead atoms. The van der Waals surface area contributed by atoms with Crippen LogP contribution in [0.25, 0.3) is 0 Å². The molecule has 0 spiro atoms. The molecule has 0 aliphatic heterocycles. The van der Waals surface area contributed by atoms with Gasteiger partial charge in [0.05, 0.1) is 21.4 Å². The number of aliphatic imine (C=N–C) groups is 1. The molecule has 4 N–H and O–H groups in total. The lowest BCUT2D eigenvalue weighted by molar-refractivity contribution is 0.235. The topological polar surface area (TPSA) is 98.9 Å². The summed E-state index contributed by atoms with van der Waals surface area (Å²) in [6.45, 7) is 3.65. The standard InChI is InChI=1S/C15H16BrFN4O3/c1-8(2)18-15(22)20-13-7-24-6-10(13)14(21-23)19-9-3-4-12(17)11(16)5-9/h3-8,23H,1-2H3,(H,19,21)(H2,18,20,22). The second-order valence-electron chi connectivity index (χ2n) is 5.12. The van der Waals surface area contributed by atoms with E-state index in [4.69, 9.17) is 4.42 Å². The number of urea groups is 1. The molecule has 0 atom stereocenters. The SMILES string of the molecule is CC(C)NC(=O)Nc1cocc1C(=Nc1ccc(F)c(Br)c1)NO. The quantitative estimate of drug-likeness (QED) is 0.357. The summed E-state index contributed by atoms with van der Waals surface area (Å²) < 4.78 is 18.6. The maximum atomic E-state index is 13.3. The monoisotopic (exact) mass is 398 g/mol. The van der Waals surface area contributed by atoms with Gasteiger partial charge in [0.2, 0.25) is 0 Å². The molecule has 2 amide bonds. The van der Waals surface area contributed by atoms with Crippen LogP contribution in [0.5, 0.6) is 0 Å². The van der Waals surface area contributed by atoms with Crippen LogP contribution in [0.1, 0.15) is 19.4 Å². The molecule has 128 valence electrons. The Balaban J connectivity index is 2.28. The first-order valence-electron chi connectivity index (χ1n) is 6.98. The number of halogens is 2. The zero-order chi connectivity index (χ0) is 17.7. The summed E-state index contributed by atoms with van der Waals surface area (Å²) in [7, 11) is 0. The van der Waals surface area contributed by atoms with Gasteiger partial charge >= 0.3 is 6.03 Å². The lowest BCUT2D eigenvalue weighted by Crippen LogP contribution is -2.34. The molecule has 0 radical (unpaired) electrons. The van der Waals surface area contributed by atoms with Gasteiger partial charge in [-0.05, 0) is 48.0 Å². The van der Waals surface area contributed by atoms with Crippen LogP contribution < -0.4 is 16.1 Å². The normalized spacial score (nSPS) is 11.5. The zero-order valence-corrected chi connectivity index (χ0v) is 14.5. The number of carbonyl (C=O) groups excluding carboxylic acids is 1. The van der Waals surface area contributed by atoms with Crippen LogP contribution in [0.15, 0.2) is 44.6 Å². The molecule has 2 rings (SSSR count). The van der Waals surface area contributed by atoms with Crippen molar-refractivity contribution in [3.8, 4) is 0 Å². The van der Waals surface area contributed by atoms with E-state index in [1.807, 2.05) is 19.3 Å². The number of hydrogen-bond donors (Lipinski definition) is 4. The third kappa shape index (κ3) is 4.56. The largest absolute Gasteiger partial charge is 0.470 e. The summed E-state index contributed by atoms with van der Waals surface area (Å²) >= 11 is 3.07. The summed E-state index contributed by atoms with van der Waals surface area (Å²) in [5.74, 6) is -0.398. The fourth-order valence-corrected chi connectivity index (χ4v) is 2.19. The van der Waals surface area contributed by atoms with E-state index in [1.165, 1.54) is 30.7 Å². The van der Waals surface area contributed by atoms with Crippen molar-refractivity contribution in [1.82, 2.24) is 10.8 Å². The molecular weight excluding hydrogens is 383 g/mol. The van der Waals surface area contributed by atoms with E-state index in [2.05, 4.69) is 31.6 Å². The van der Waals surface area contributed by atoms with Gasteiger partial charge in [0, 0.05) is 6.04 Å². The zero-order valence-electron chi connectivity index (χ0n) is 12.9. The van der Waals surface area contributed by atoms with Crippen LogP contribution in [0.2, 0.25) is 0 Å². The highest BCUT2D eigenvalue weighted by atomic mass is 79.9. The third-order valence-corrected chi connectivity index (χ3v) is 3.44. The van der Waals surface area contributed by atoms with E-state index < -0.39 is 11.8 Å². The van der Waals surface area contributed by atoms with Crippen molar-refractivity contribution in [2.45, 2.75) is 19.9 Å². The van der Waals surface area contributed by atoms with E-state index in [0.29, 0.717) is 16.9 Å². The van der Waals surface area contributed by atoms with Gasteiger partial charge in [-0.15, -0.1) is 0 Å². The van der Waals surface area contributed by atoms with Gasteiger partial charge < -0.3 is 15.1 Å². The second-order valence-corrected chi connectivity index (χ2v) is 5.98. The molecule has 24 heavy (non-hydrogen) atoms. The Morgan fingerprint density at radius 3 is 2.75 bits per heavy atom. The lowest BCUT2D eigenvalue weighted by atomic mass is 10.2. The van der Waals surface area contributed by atoms with Crippen molar-refractivity contribution in [3.05, 3.63) is 46.6 Å². The van der Waals surface area contributed by atoms with E-state index in [0.717, 1.165) is 0 Å². The third-order valence-electron chi connectivity index (χ3n) is 2.84. The molecule has 1 heterocycles. The molecule has 0 saturated heterocycles. The number of nitrogens with one attached hydrogen (secondary N) is 3. The minimum Gasteiger partial charge on any atom is -0.470 e. The Labute approximate surface area is 146 Å². The van der Waals surface area contributed by atoms with E-state index in [1.54, 1.807) is 0 Å². The number of furan rings is 1. The summed E-state index contributed by atoms with van der Waals surface area (Å²) in [4.78, 5) is 16.0. The van der Waals surface area contributed by atoms with Crippen molar-refractivity contribution in [2.24, 2.45) is 4.99 Å². The molecular formula is C15H16BrFN4O3. The maximum absolute atomic E-state index is 13.3. The first-order chi connectivity index (χ1) is 11.4. The minimum atomic E-state index is -0.427. The highest BCUT2D eigenvalue weighted by Crippen LogP contribution is 2.24. The van der Waals surface area contributed by atoms with Crippen LogP contribution in [0.4, 0.5) is 20.6 Å². The number of amides is 2.